The van der Waals surface area contributed by atoms with Gasteiger partial charge in [0.2, 0.25) is 0 Å². The Balaban J connectivity index is 2.49. The molecule has 1 aliphatic heterocycles. The van der Waals surface area contributed by atoms with E-state index in [-0.39, 0.29) is 5.92 Å². The van der Waals surface area contributed by atoms with Crippen molar-refractivity contribution >= 4 is 0 Å². The first-order valence-corrected chi connectivity index (χ1v) is 5.58. The zero-order chi connectivity index (χ0) is 9.73. The Hall–Kier alpha value is -0.110. The Labute approximate surface area is 81.1 Å². The molecule has 2 heteroatoms. The van der Waals surface area contributed by atoms with E-state index in [0.29, 0.717) is 6.42 Å². The summed E-state index contributed by atoms with van der Waals surface area (Å²) in [5.74, 6) is 0.234. The van der Waals surface area contributed by atoms with Crippen LogP contribution in [0.15, 0.2) is 0 Å². The van der Waals surface area contributed by atoms with Crippen LogP contribution in [0, 0.1) is 5.92 Å². The maximum absolute atomic E-state index is 14.4. The molecule has 2 unspecified atom stereocenters. The van der Waals surface area contributed by atoms with E-state index >= 15 is 0 Å². The van der Waals surface area contributed by atoms with Crippen LogP contribution in [0.4, 0.5) is 4.39 Å². The predicted octanol–water partition coefficient (Wildman–Crippen LogP) is 2.90. The van der Waals surface area contributed by atoms with Gasteiger partial charge in [0.05, 0.1) is 0 Å². The summed E-state index contributed by atoms with van der Waals surface area (Å²) in [5.41, 5.74) is -0.889. The molecule has 0 aliphatic carbocycles. The summed E-state index contributed by atoms with van der Waals surface area (Å²) < 4.78 is 14.4. The lowest BCUT2D eigenvalue weighted by molar-refractivity contribution is 0.0701. The molecule has 2 atom stereocenters. The Morgan fingerprint density at radius 3 is 2.85 bits per heavy atom. The van der Waals surface area contributed by atoms with Crippen molar-refractivity contribution in [2.75, 3.05) is 13.1 Å². The molecule has 78 valence electrons. The molecule has 0 bridgehead atoms. The lowest BCUT2D eigenvalue weighted by Gasteiger charge is -2.30. The van der Waals surface area contributed by atoms with Crippen molar-refractivity contribution in [3.63, 3.8) is 0 Å². The first kappa shape index (κ1) is 11.0. The van der Waals surface area contributed by atoms with E-state index in [0.717, 1.165) is 38.8 Å². The molecule has 1 heterocycles. The van der Waals surface area contributed by atoms with Crippen molar-refractivity contribution in [2.24, 2.45) is 5.92 Å². The van der Waals surface area contributed by atoms with Crippen LogP contribution in [0.1, 0.15) is 46.0 Å². The summed E-state index contributed by atoms with van der Waals surface area (Å²) in [5, 5.41) is 3.26. The topological polar surface area (TPSA) is 12.0 Å². The standard InChI is InChI=1S/C11H22FN/c1-3-5-10(2)11(12)6-4-8-13-9-7-11/h10,13H,3-9H2,1-2H3. The molecule has 0 spiro atoms. The van der Waals surface area contributed by atoms with Gasteiger partial charge in [0.25, 0.3) is 0 Å². The molecule has 0 radical (unpaired) electrons. The third-order valence-corrected chi connectivity index (χ3v) is 3.27. The molecular formula is C11H22FN. The lowest BCUT2D eigenvalue weighted by atomic mass is 9.82. The maximum Gasteiger partial charge on any atom is 0.114 e. The predicted molar refractivity (Wildman–Crippen MR) is 54.6 cm³/mol. The van der Waals surface area contributed by atoms with Crippen molar-refractivity contribution in [3.05, 3.63) is 0 Å². The second-order valence-corrected chi connectivity index (χ2v) is 4.33. The summed E-state index contributed by atoms with van der Waals surface area (Å²) in [6, 6.07) is 0. The van der Waals surface area contributed by atoms with Crippen molar-refractivity contribution in [1.29, 1.82) is 0 Å². The van der Waals surface area contributed by atoms with Gasteiger partial charge in [-0.05, 0) is 44.7 Å². The Kier molecular flexibility index (Phi) is 4.17. The van der Waals surface area contributed by atoms with Gasteiger partial charge >= 0.3 is 0 Å². The van der Waals surface area contributed by atoms with Gasteiger partial charge in [-0.3, -0.25) is 0 Å². The molecule has 1 saturated heterocycles. The molecule has 1 rings (SSSR count). The first-order valence-electron chi connectivity index (χ1n) is 5.58. The van der Waals surface area contributed by atoms with E-state index in [4.69, 9.17) is 0 Å². The van der Waals surface area contributed by atoms with E-state index < -0.39 is 5.67 Å². The Morgan fingerprint density at radius 2 is 2.15 bits per heavy atom. The zero-order valence-electron chi connectivity index (χ0n) is 8.91. The van der Waals surface area contributed by atoms with Crippen LogP contribution in [0.25, 0.3) is 0 Å². The van der Waals surface area contributed by atoms with E-state index in [2.05, 4.69) is 19.2 Å². The molecule has 13 heavy (non-hydrogen) atoms. The molecule has 0 saturated carbocycles. The van der Waals surface area contributed by atoms with Crippen LogP contribution >= 0.6 is 0 Å². The van der Waals surface area contributed by atoms with Gasteiger partial charge in [-0.25, -0.2) is 4.39 Å². The van der Waals surface area contributed by atoms with Crippen LogP contribution < -0.4 is 5.32 Å². The van der Waals surface area contributed by atoms with Crippen LogP contribution in [0.3, 0.4) is 0 Å². The molecule has 1 N–H and O–H groups in total. The normalized spacial score (nSPS) is 32.5. The molecule has 0 amide bonds. The average molecular weight is 187 g/mol. The van der Waals surface area contributed by atoms with E-state index in [1.807, 2.05) is 0 Å². The van der Waals surface area contributed by atoms with Gasteiger partial charge in [-0.15, -0.1) is 0 Å². The van der Waals surface area contributed by atoms with Gasteiger partial charge in [0.15, 0.2) is 0 Å². The second-order valence-electron chi connectivity index (χ2n) is 4.33. The third-order valence-electron chi connectivity index (χ3n) is 3.27. The van der Waals surface area contributed by atoms with Crippen LogP contribution in [-0.2, 0) is 0 Å². The number of halogens is 1. The van der Waals surface area contributed by atoms with Crippen molar-refractivity contribution in [1.82, 2.24) is 5.32 Å². The highest BCUT2D eigenvalue weighted by Gasteiger charge is 2.35. The maximum atomic E-state index is 14.4. The van der Waals surface area contributed by atoms with E-state index in [1.165, 1.54) is 0 Å². The zero-order valence-corrected chi connectivity index (χ0v) is 8.91. The largest absolute Gasteiger partial charge is 0.317 e. The molecule has 0 aromatic carbocycles. The molecular weight excluding hydrogens is 165 g/mol. The number of alkyl halides is 1. The highest BCUT2D eigenvalue weighted by Crippen LogP contribution is 2.34. The highest BCUT2D eigenvalue weighted by atomic mass is 19.1. The first-order chi connectivity index (χ1) is 6.19. The minimum atomic E-state index is -0.889. The van der Waals surface area contributed by atoms with Gasteiger partial charge in [0, 0.05) is 0 Å². The summed E-state index contributed by atoms with van der Waals surface area (Å²) in [4.78, 5) is 0. The van der Waals surface area contributed by atoms with E-state index in [9.17, 15) is 4.39 Å². The average Bonchev–Trinajstić information content (AvgIpc) is 2.32. The quantitative estimate of drug-likeness (QED) is 0.716. The van der Waals surface area contributed by atoms with Crippen LogP contribution in [0.5, 0.6) is 0 Å². The van der Waals surface area contributed by atoms with Gasteiger partial charge < -0.3 is 5.32 Å². The highest BCUT2D eigenvalue weighted by molar-refractivity contribution is 4.87. The van der Waals surface area contributed by atoms with Gasteiger partial charge in [-0.2, -0.15) is 0 Å². The summed E-state index contributed by atoms with van der Waals surface area (Å²) in [6.45, 7) is 6.04. The summed E-state index contributed by atoms with van der Waals surface area (Å²) in [7, 11) is 0. The Morgan fingerprint density at radius 1 is 1.38 bits per heavy atom. The molecule has 0 aromatic rings. The number of rotatable bonds is 3. The minimum Gasteiger partial charge on any atom is -0.317 e. The smallest absolute Gasteiger partial charge is 0.114 e. The summed E-state index contributed by atoms with van der Waals surface area (Å²) in [6.07, 6.45) is 4.57. The minimum absolute atomic E-state index is 0.234. The fourth-order valence-corrected chi connectivity index (χ4v) is 2.24. The van der Waals surface area contributed by atoms with Crippen molar-refractivity contribution in [3.8, 4) is 0 Å². The monoisotopic (exact) mass is 187 g/mol. The third kappa shape index (κ3) is 2.94. The Bertz CT molecular complexity index is 139. The SMILES string of the molecule is CCCC(C)C1(F)CCCNCC1. The molecule has 1 fully saturated rings. The number of hydrogen-bond acceptors (Lipinski definition) is 1. The number of hydrogen-bond donors (Lipinski definition) is 1. The molecule has 0 aromatic heterocycles. The van der Waals surface area contributed by atoms with E-state index in [1.54, 1.807) is 0 Å². The fraction of sp³-hybridized carbons (Fsp3) is 1.00. The van der Waals surface area contributed by atoms with Crippen LogP contribution in [-0.4, -0.2) is 18.8 Å². The molecule has 1 nitrogen and oxygen atoms in total. The lowest BCUT2D eigenvalue weighted by Crippen LogP contribution is -2.32. The fourth-order valence-electron chi connectivity index (χ4n) is 2.24. The number of nitrogens with one attached hydrogen (secondary N) is 1. The van der Waals surface area contributed by atoms with Gasteiger partial charge in [0.1, 0.15) is 5.67 Å². The van der Waals surface area contributed by atoms with Gasteiger partial charge in [-0.1, -0.05) is 20.3 Å². The second kappa shape index (κ2) is 4.94. The molecule has 1 aliphatic rings. The van der Waals surface area contributed by atoms with Crippen LogP contribution in [0.2, 0.25) is 0 Å². The summed E-state index contributed by atoms with van der Waals surface area (Å²) >= 11 is 0. The van der Waals surface area contributed by atoms with Crippen molar-refractivity contribution in [2.45, 2.75) is 51.6 Å². The van der Waals surface area contributed by atoms with Crippen molar-refractivity contribution < 1.29 is 4.39 Å².